The van der Waals surface area contributed by atoms with Crippen LogP contribution in [0.3, 0.4) is 0 Å². The van der Waals surface area contributed by atoms with Crippen molar-refractivity contribution in [3.05, 3.63) is 29.3 Å². The summed E-state index contributed by atoms with van der Waals surface area (Å²) in [6, 6.07) is 6.38. The summed E-state index contributed by atoms with van der Waals surface area (Å²) in [6.07, 6.45) is 9.30. The summed E-state index contributed by atoms with van der Waals surface area (Å²) in [5, 5.41) is 6.63. The number of nitrogens with one attached hydrogen (secondary N) is 2. The van der Waals surface area contributed by atoms with Crippen molar-refractivity contribution in [2.24, 2.45) is 5.92 Å². The number of fused-ring (bicyclic) bond motifs is 1. The number of hydrogen-bond acceptors (Lipinski definition) is 3. The SMILES string of the molecule is Cc1cc(C(=O)N2CCCCC2C)ccc1NC(=O)C1CC2CCCCC2N1. The van der Waals surface area contributed by atoms with Gasteiger partial charge in [-0.3, -0.25) is 9.59 Å². The molecule has 5 nitrogen and oxygen atoms in total. The summed E-state index contributed by atoms with van der Waals surface area (Å²) in [5.74, 6) is 0.813. The highest BCUT2D eigenvalue weighted by Crippen LogP contribution is 2.33. The predicted molar refractivity (Wildman–Crippen MR) is 111 cm³/mol. The second-order valence-electron chi connectivity index (χ2n) is 8.97. The zero-order valence-electron chi connectivity index (χ0n) is 17.2. The maximum Gasteiger partial charge on any atom is 0.254 e. The first kappa shape index (κ1) is 19.4. The summed E-state index contributed by atoms with van der Waals surface area (Å²) in [6.45, 7) is 4.94. The van der Waals surface area contributed by atoms with Gasteiger partial charge >= 0.3 is 0 Å². The van der Waals surface area contributed by atoms with Gasteiger partial charge in [0.2, 0.25) is 5.91 Å². The highest BCUT2D eigenvalue weighted by Gasteiger charge is 2.38. The minimum absolute atomic E-state index is 0.0567. The minimum Gasteiger partial charge on any atom is -0.336 e. The Morgan fingerprint density at radius 1 is 1.11 bits per heavy atom. The minimum atomic E-state index is -0.0944. The standard InChI is InChI=1S/C23H33N3O2/c1-15-13-18(23(28)26-12-6-5-7-16(26)2)10-11-19(15)25-22(27)21-14-17-8-3-4-9-20(17)24-21/h10-11,13,16-17,20-21,24H,3-9,12,14H2,1-2H3,(H,25,27). The molecule has 2 N–H and O–H groups in total. The number of nitrogens with zero attached hydrogens (tertiary/aromatic N) is 1. The van der Waals surface area contributed by atoms with Gasteiger partial charge in [0.05, 0.1) is 6.04 Å². The lowest BCUT2D eigenvalue weighted by atomic mass is 9.85. The van der Waals surface area contributed by atoms with Gasteiger partial charge in [0.25, 0.3) is 5.91 Å². The Hall–Kier alpha value is -1.88. The zero-order chi connectivity index (χ0) is 19.7. The molecule has 2 aliphatic heterocycles. The van der Waals surface area contributed by atoms with E-state index < -0.39 is 0 Å². The lowest BCUT2D eigenvalue weighted by molar-refractivity contribution is -0.117. The van der Waals surface area contributed by atoms with Crippen molar-refractivity contribution in [2.45, 2.75) is 83.3 Å². The Labute approximate surface area is 168 Å². The Bertz CT molecular complexity index is 733. The van der Waals surface area contributed by atoms with Gasteiger partial charge in [-0.2, -0.15) is 0 Å². The van der Waals surface area contributed by atoms with Crippen LogP contribution in [0.15, 0.2) is 18.2 Å². The number of amides is 2. The molecule has 2 saturated heterocycles. The van der Waals surface area contributed by atoms with Crippen LogP contribution in [0.25, 0.3) is 0 Å². The van der Waals surface area contributed by atoms with Crippen LogP contribution in [0.1, 0.15) is 74.2 Å². The van der Waals surface area contributed by atoms with E-state index in [0.717, 1.165) is 37.1 Å². The molecule has 2 amide bonds. The van der Waals surface area contributed by atoms with E-state index in [-0.39, 0.29) is 17.9 Å². The van der Waals surface area contributed by atoms with E-state index in [1.807, 2.05) is 30.0 Å². The molecule has 1 aromatic carbocycles. The number of piperidine rings is 1. The second kappa shape index (κ2) is 8.24. The van der Waals surface area contributed by atoms with Crippen LogP contribution in [0.5, 0.6) is 0 Å². The van der Waals surface area contributed by atoms with E-state index in [0.29, 0.717) is 23.6 Å². The topological polar surface area (TPSA) is 61.4 Å². The molecule has 4 rings (SSSR count). The molecule has 152 valence electrons. The fraction of sp³-hybridized carbons (Fsp3) is 0.652. The fourth-order valence-electron chi connectivity index (χ4n) is 5.24. The molecule has 0 bridgehead atoms. The van der Waals surface area contributed by atoms with Crippen molar-refractivity contribution >= 4 is 17.5 Å². The third-order valence-electron chi connectivity index (χ3n) is 6.97. The number of hydrogen-bond donors (Lipinski definition) is 2. The van der Waals surface area contributed by atoms with Gasteiger partial charge in [0.1, 0.15) is 0 Å². The molecule has 0 aromatic heterocycles. The molecule has 1 aromatic rings. The molecule has 0 spiro atoms. The smallest absolute Gasteiger partial charge is 0.254 e. The monoisotopic (exact) mass is 383 g/mol. The first-order valence-electron chi connectivity index (χ1n) is 11.0. The van der Waals surface area contributed by atoms with E-state index >= 15 is 0 Å². The van der Waals surface area contributed by atoms with Crippen molar-refractivity contribution in [2.75, 3.05) is 11.9 Å². The third kappa shape index (κ3) is 3.95. The number of anilines is 1. The van der Waals surface area contributed by atoms with E-state index in [4.69, 9.17) is 0 Å². The van der Waals surface area contributed by atoms with Crippen molar-refractivity contribution in [1.29, 1.82) is 0 Å². The average Bonchev–Trinajstić information content (AvgIpc) is 3.14. The van der Waals surface area contributed by atoms with Crippen LogP contribution in [0.4, 0.5) is 5.69 Å². The quantitative estimate of drug-likeness (QED) is 0.833. The summed E-state index contributed by atoms with van der Waals surface area (Å²) in [7, 11) is 0. The Morgan fingerprint density at radius 3 is 2.64 bits per heavy atom. The first-order chi connectivity index (χ1) is 13.5. The van der Waals surface area contributed by atoms with Gasteiger partial charge in [-0.1, -0.05) is 12.8 Å². The van der Waals surface area contributed by atoms with Crippen molar-refractivity contribution in [1.82, 2.24) is 10.2 Å². The number of rotatable bonds is 3. The van der Waals surface area contributed by atoms with Gasteiger partial charge in [-0.15, -0.1) is 0 Å². The summed E-state index contributed by atoms with van der Waals surface area (Å²) < 4.78 is 0. The molecule has 3 aliphatic rings. The van der Waals surface area contributed by atoms with Crippen LogP contribution < -0.4 is 10.6 Å². The van der Waals surface area contributed by atoms with E-state index in [1.54, 1.807) is 0 Å². The van der Waals surface area contributed by atoms with Gasteiger partial charge in [0, 0.05) is 29.9 Å². The number of carbonyl (C=O) groups is 2. The van der Waals surface area contributed by atoms with Crippen LogP contribution in [0, 0.1) is 12.8 Å². The van der Waals surface area contributed by atoms with Gasteiger partial charge < -0.3 is 15.5 Å². The Balaban J connectivity index is 1.40. The zero-order valence-corrected chi connectivity index (χ0v) is 17.2. The highest BCUT2D eigenvalue weighted by atomic mass is 16.2. The normalized spacial score (nSPS) is 30.0. The van der Waals surface area contributed by atoms with Crippen molar-refractivity contribution in [3.8, 4) is 0 Å². The molecule has 1 aliphatic carbocycles. The predicted octanol–water partition coefficient (Wildman–Crippen LogP) is 3.87. The molecule has 2 heterocycles. The third-order valence-corrected chi connectivity index (χ3v) is 6.97. The largest absolute Gasteiger partial charge is 0.336 e. The van der Waals surface area contributed by atoms with Crippen LogP contribution in [0.2, 0.25) is 0 Å². The maximum absolute atomic E-state index is 12.9. The Kier molecular flexibility index (Phi) is 5.72. The molecule has 0 radical (unpaired) electrons. The molecular weight excluding hydrogens is 350 g/mol. The Morgan fingerprint density at radius 2 is 1.89 bits per heavy atom. The van der Waals surface area contributed by atoms with Crippen LogP contribution >= 0.6 is 0 Å². The van der Waals surface area contributed by atoms with E-state index in [2.05, 4.69) is 17.6 Å². The van der Waals surface area contributed by atoms with Gasteiger partial charge in [0.15, 0.2) is 0 Å². The number of carbonyl (C=O) groups excluding carboxylic acids is 2. The van der Waals surface area contributed by atoms with Crippen LogP contribution in [-0.2, 0) is 4.79 Å². The molecular formula is C23H33N3O2. The van der Waals surface area contributed by atoms with Crippen molar-refractivity contribution in [3.63, 3.8) is 0 Å². The number of benzene rings is 1. The summed E-state index contributed by atoms with van der Waals surface area (Å²) >= 11 is 0. The van der Waals surface area contributed by atoms with Gasteiger partial charge in [-0.05, 0) is 82.1 Å². The molecule has 28 heavy (non-hydrogen) atoms. The lowest BCUT2D eigenvalue weighted by Gasteiger charge is -2.33. The first-order valence-corrected chi connectivity index (χ1v) is 11.0. The van der Waals surface area contributed by atoms with E-state index in [9.17, 15) is 9.59 Å². The average molecular weight is 384 g/mol. The van der Waals surface area contributed by atoms with Gasteiger partial charge in [-0.25, -0.2) is 0 Å². The number of likely N-dealkylation sites (tertiary alicyclic amines) is 1. The maximum atomic E-state index is 12.9. The van der Waals surface area contributed by atoms with E-state index in [1.165, 1.54) is 32.1 Å². The highest BCUT2D eigenvalue weighted by molar-refractivity contribution is 5.98. The molecule has 1 saturated carbocycles. The van der Waals surface area contributed by atoms with Crippen molar-refractivity contribution < 1.29 is 9.59 Å². The second-order valence-corrected chi connectivity index (χ2v) is 8.97. The lowest BCUT2D eigenvalue weighted by Crippen LogP contribution is -2.42. The molecule has 4 unspecified atom stereocenters. The summed E-state index contributed by atoms with van der Waals surface area (Å²) in [4.78, 5) is 27.6. The number of aryl methyl sites for hydroxylation is 1. The molecule has 4 atom stereocenters. The van der Waals surface area contributed by atoms with Crippen LogP contribution in [-0.4, -0.2) is 41.4 Å². The molecule has 5 heteroatoms. The summed E-state index contributed by atoms with van der Waals surface area (Å²) in [5.41, 5.74) is 2.47. The molecule has 3 fully saturated rings. The fourth-order valence-corrected chi connectivity index (χ4v) is 5.24.